The molecule has 0 aromatic heterocycles. The van der Waals surface area contributed by atoms with Gasteiger partial charge < -0.3 is 5.32 Å². The first kappa shape index (κ1) is 16.7. The Morgan fingerprint density at radius 1 is 1.55 bits per heavy atom. The summed E-state index contributed by atoms with van der Waals surface area (Å²) in [5, 5.41) is 14.5. The minimum Gasteiger partial charge on any atom is -0.356 e. The molecule has 1 aliphatic rings. The van der Waals surface area contributed by atoms with E-state index in [1.165, 1.54) is 13.0 Å². The highest BCUT2D eigenvalue weighted by molar-refractivity contribution is 6.30. The normalized spacial score (nSPS) is 18.9. The van der Waals surface area contributed by atoms with E-state index in [1.54, 1.807) is 12.1 Å². The number of hydrogen-bond acceptors (Lipinski definition) is 4. The predicted octanol–water partition coefficient (Wildman–Crippen LogP) is 2.60. The molecule has 0 aliphatic carbocycles. The third-order valence-corrected chi connectivity index (χ3v) is 4.11. The molecule has 1 aliphatic heterocycles. The molecule has 0 unspecified atom stereocenters. The molecule has 1 aromatic rings. The second-order valence-electron chi connectivity index (χ2n) is 5.71. The fourth-order valence-corrected chi connectivity index (χ4v) is 3.04. The summed E-state index contributed by atoms with van der Waals surface area (Å²) in [4.78, 5) is 23.9. The Bertz CT molecular complexity index is 565. The Kier molecular flexibility index (Phi) is 5.74. The number of likely N-dealkylation sites (tertiary alicyclic amines) is 1. The third-order valence-electron chi connectivity index (χ3n) is 3.87. The zero-order valence-corrected chi connectivity index (χ0v) is 13.3. The number of nitro benzene ring substituents is 1. The van der Waals surface area contributed by atoms with Crippen LogP contribution in [-0.4, -0.2) is 35.4 Å². The van der Waals surface area contributed by atoms with E-state index in [0.717, 1.165) is 25.9 Å². The van der Waals surface area contributed by atoms with E-state index in [1.807, 2.05) is 0 Å². The minimum absolute atomic E-state index is 0.0254. The summed E-state index contributed by atoms with van der Waals surface area (Å²) in [6.45, 7) is 4.40. The molecule has 22 heavy (non-hydrogen) atoms. The van der Waals surface area contributed by atoms with Crippen molar-refractivity contribution in [2.75, 3.05) is 19.6 Å². The highest BCUT2D eigenvalue weighted by Crippen LogP contribution is 2.26. The van der Waals surface area contributed by atoms with Gasteiger partial charge in [0, 0.05) is 43.2 Å². The number of halogens is 1. The number of piperidine rings is 1. The van der Waals surface area contributed by atoms with Crippen LogP contribution in [0.15, 0.2) is 18.2 Å². The van der Waals surface area contributed by atoms with Crippen molar-refractivity contribution in [3.05, 3.63) is 38.9 Å². The quantitative estimate of drug-likeness (QED) is 0.667. The van der Waals surface area contributed by atoms with Crippen LogP contribution in [-0.2, 0) is 11.3 Å². The van der Waals surface area contributed by atoms with Gasteiger partial charge in [0.2, 0.25) is 5.91 Å². The monoisotopic (exact) mass is 325 g/mol. The highest BCUT2D eigenvalue weighted by atomic mass is 35.5. The fourth-order valence-electron chi connectivity index (χ4n) is 2.85. The molecule has 7 heteroatoms. The van der Waals surface area contributed by atoms with Crippen LogP contribution in [0.4, 0.5) is 5.69 Å². The van der Waals surface area contributed by atoms with E-state index >= 15 is 0 Å². The van der Waals surface area contributed by atoms with Crippen molar-refractivity contribution in [3.8, 4) is 0 Å². The van der Waals surface area contributed by atoms with Crippen LogP contribution in [0, 0.1) is 16.0 Å². The lowest BCUT2D eigenvalue weighted by Gasteiger charge is -2.32. The Morgan fingerprint density at radius 2 is 2.32 bits per heavy atom. The summed E-state index contributed by atoms with van der Waals surface area (Å²) in [6.07, 6.45) is 2.09. The molecule has 0 spiro atoms. The summed E-state index contributed by atoms with van der Waals surface area (Å²) in [6, 6.07) is 4.66. The summed E-state index contributed by atoms with van der Waals surface area (Å²) in [5.74, 6) is 0.360. The number of nitrogens with zero attached hydrogens (tertiary/aromatic N) is 2. The maximum absolute atomic E-state index is 11.1. The predicted molar refractivity (Wildman–Crippen MR) is 84.8 cm³/mol. The molecule has 1 saturated heterocycles. The van der Waals surface area contributed by atoms with E-state index in [4.69, 9.17) is 11.6 Å². The number of nitro groups is 1. The molecule has 1 fully saturated rings. The van der Waals surface area contributed by atoms with Crippen LogP contribution >= 0.6 is 11.6 Å². The van der Waals surface area contributed by atoms with Gasteiger partial charge in [0.25, 0.3) is 5.69 Å². The molecule has 1 aromatic carbocycles. The molecular formula is C15H20ClN3O3. The van der Waals surface area contributed by atoms with Gasteiger partial charge in [-0.2, -0.15) is 0 Å². The number of hydrogen-bond donors (Lipinski definition) is 1. The lowest BCUT2D eigenvalue weighted by molar-refractivity contribution is -0.385. The summed E-state index contributed by atoms with van der Waals surface area (Å²) in [5.41, 5.74) is 0.742. The Balaban J connectivity index is 2.02. The van der Waals surface area contributed by atoms with Gasteiger partial charge in [0.15, 0.2) is 0 Å². The van der Waals surface area contributed by atoms with E-state index in [0.29, 0.717) is 29.6 Å². The SMILES string of the molecule is CC(=O)NC[C@@H]1CCCN(Cc2cc(Cl)ccc2[N+](=O)[O-])C1. The number of rotatable bonds is 5. The van der Waals surface area contributed by atoms with Gasteiger partial charge in [0.1, 0.15) is 0 Å². The van der Waals surface area contributed by atoms with Crippen molar-refractivity contribution >= 4 is 23.2 Å². The maximum atomic E-state index is 11.1. The number of carbonyl (C=O) groups excluding carboxylic acids is 1. The molecule has 2 rings (SSSR count). The highest BCUT2D eigenvalue weighted by Gasteiger charge is 2.23. The van der Waals surface area contributed by atoms with Crippen molar-refractivity contribution in [1.29, 1.82) is 0 Å². The lowest BCUT2D eigenvalue weighted by atomic mass is 9.97. The lowest BCUT2D eigenvalue weighted by Crippen LogP contribution is -2.40. The Hall–Kier alpha value is -1.66. The zero-order valence-electron chi connectivity index (χ0n) is 12.5. The van der Waals surface area contributed by atoms with Crippen LogP contribution in [0.1, 0.15) is 25.3 Å². The number of benzene rings is 1. The van der Waals surface area contributed by atoms with E-state index in [-0.39, 0.29) is 16.5 Å². The van der Waals surface area contributed by atoms with Gasteiger partial charge in [-0.25, -0.2) is 0 Å². The van der Waals surface area contributed by atoms with Gasteiger partial charge in [0.05, 0.1) is 4.92 Å². The molecule has 120 valence electrons. The second-order valence-corrected chi connectivity index (χ2v) is 6.15. The van der Waals surface area contributed by atoms with Crippen LogP contribution in [0.2, 0.25) is 5.02 Å². The first-order valence-corrected chi connectivity index (χ1v) is 7.73. The largest absolute Gasteiger partial charge is 0.356 e. The Morgan fingerprint density at radius 3 is 3.00 bits per heavy atom. The van der Waals surface area contributed by atoms with Gasteiger partial charge in [-0.05, 0) is 37.4 Å². The zero-order chi connectivity index (χ0) is 16.1. The number of carbonyl (C=O) groups is 1. The fraction of sp³-hybridized carbons (Fsp3) is 0.533. The molecule has 0 radical (unpaired) electrons. The molecule has 1 amide bonds. The van der Waals surface area contributed by atoms with E-state index in [9.17, 15) is 14.9 Å². The molecular weight excluding hydrogens is 306 g/mol. The van der Waals surface area contributed by atoms with Crippen molar-refractivity contribution in [3.63, 3.8) is 0 Å². The molecule has 1 atom stereocenters. The topological polar surface area (TPSA) is 75.5 Å². The minimum atomic E-state index is -0.371. The number of nitrogens with one attached hydrogen (secondary N) is 1. The van der Waals surface area contributed by atoms with Crippen LogP contribution < -0.4 is 5.32 Å². The first-order chi connectivity index (χ1) is 10.5. The van der Waals surface area contributed by atoms with Gasteiger partial charge in [-0.15, -0.1) is 0 Å². The molecule has 1 N–H and O–H groups in total. The smallest absolute Gasteiger partial charge is 0.273 e. The summed E-state index contributed by atoms with van der Waals surface area (Å²) >= 11 is 5.96. The van der Waals surface area contributed by atoms with Crippen LogP contribution in [0.3, 0.4) is 0 Å². The van der Waals surface area contributed by atoms with Gasteiger partial charge in [-0.3, -0.25) is 19.8 Å². The standard InChI is InChI=1S/C15H20ClN3O3/c1-11(20)17-8-12-3-2-6-18(9-12)10-13-7-14(16)4-5-15(13)19(21)22/h4-5,7,12H,2-3,6,8-10H2,1H3,(H,17,20)/t12-/m0/s1. The van der Waals surface area contributed by atoms with Crippen molar-refractivity contribution in [1.82, 2.24) is 10.2 Å². The van der Waals surface area contributed by atoms with Gasteiger partial charge in [-0.1, -0.05) is 11.6 Å². The van der Waals surface area contributed by atoms with E-state index < -0.39 is 0 Å². The van der Waals surface area contributed by atoms with Crippen molar-refractivity contribution in [2.45, 2.75) is 26.3 Å². The van der Waals surface area contributed by atoms with E-state index in [2.05, 4.69) is 10.2 Å². The van der Waals surface area contributed by atoms with Crippen LogP contribution in [0.5, 0.6) is 0 Å². The summed E-state index contributed by atoms with van der Waals surface area (Å²) < 4.78 is 0. The molecule has 6 nitrogen and oxygen atoms in total. The Labute approximate surface area is 134 Å². The van der Waals surface area contributed by atoms with Crippen molar-refractivity contribution < 1.29 is 9.72 Å². The average molecular weight is 326 g/mol. The molecule has 1 heterocycles. The number of amides is 1. The second kappa shape index (κ2) is 7.56. The summed E-state index contributed by atoms with van der Waals surface area (Å²) in [7, 11) is 0. The molecule has 0 bridgehead atoms. The third kappa shape index (κ3) is 4.68. The first-order valence-electron chi connectivity index (χ1n) is 7.35. The van der Waals surface area contributed by atoms with Gasteiger partial charge >= 0.3 is 0 Å². The van der Waals surface area contributed by atoms with Crippen molar-refractivity contribution in [2.24, 2.45) is 5.92 Å². The van der Waals surface area contributed by atoms with Crippen LogP contribution in [0.25, 0.3) is 0 Å². The maximum Gasteiger partial charge on any atom is 0.273 e. The average Bonchev–Trinajstić information content (AvgIpc) is 2.45. The molecule has 0 saturated carbocycles.